The molecule has 134 valence electrons. The van der Waals surface area contributed by atoms with Crippen LogP contribution in [0.2, 0.25) is 0 Å². The van der Waals surface area contributed by atoms with Crippen molar-refractivity contribution in [1.82, 2.24) is 10.6 Å². The average molecular weight is 341 g/mol. The third-order valence-corrected chi connectivity index (χ3v) is 4.33. The highest BCUT2D eigenvalue weighted by molar-refractivity contribution is 5.79. The van der Waals surface area contributed by atoms with E-state index < -0.39 is 0 Å². The molecule has 1 aliphatic heterocycles. The number of nitrogens with zero attached hydrogens (tertiary/aromatic N) is 1. The number of benzene rings is 1. The van der Waals surface area contributed by atoms with Crippen molar-refractivity contribution in [2.24, 2.45) is 10.9 Å². The lowest BCUT2D eigenvalue weighted by Crippen LogP contribution is -2.40. The monoisotopic (exact) mass is 341 g/mol. The molecule has 0 aliphatic carbocycles. The molecule has 1 aromatic carbocycles. The summed E-state index contributed by atoms with van der Waals surface area (Å²) in [6, 6.07) is 12.4. The third kappa shape index (κ3) is 5.94. The fraction of sp³-hybridized carbons (Fsp3) is 0.450. The molecule has 3 rings (SSSR count). The predicted molar refractivity (Wildman–Crippen MR) is 99.7 cm³/mol. The Morgan fingerprint density at radius 1 is 1.24 bits per heavy atom. The van der Waals surface area contributed by atoms with Crippen LogP contribution in [0, 0.1) is 12.8 Å². The standard InChI is InChI=1S/C20H27N3O2/c1-16-4-2-5-17(12-16)13-22-20(23-14-18-8-11-24-15-18)21-9-7-19-6-3-10-25-19/h2-6,10,12,18H,7-9,11,13-15H2,1H3,(H2,21,22,23). The van der Waals surface area contributed by atoms with Gasteiger partial charge in [0.05, 0.1) is 19.4 Å². The van der Waals surface area contributed by atoms with Crippen molar-refractivity contribution >= 4 is 5.96 Å². The molecule has 1 saturated heterocycles. The smallest absolute Gasteiger partial charge is 0.191 e. The van der Waals surface area contributed by atoms with Crippen LogP contribution in [-0.2, 0) is 17.7 Å². The highest BCUT2D eigenvalue weighted by Gasteiger charge is 2.15. The predicted octanol–water partition coefficient (Wildman–Crippen LogP) is 2.90. The Labute approximate surface area is 149 Å². The van der Waals surface area contributed by atoms with Gasteiger partial charge in [0.25, 0.3) is 0 Å². The Hall–Kier alpha value is -2.27. The normalized spacial score (nSPS) is 17.6. The van der Waals surface area contributed by atoms with Crippen LogP contribution in [0.5, 0.6) is 0 Å². The van der Waals surface area contributed by atoms with Crippen LogP contribution in [0.25, 0.3) is 0 Å². The molecular weight excluding hydrogens is 314 g/mol. The maximum Gasteiger partial charge on any atom is 0.191 e. The van der Waals surface area contributed by atoms with E-state index in [2.05, 4.69) is 41.8 Å². The third-order valence-electron chi connectivity index (χ3n) is 4.33. The molecule has 0 amide bonds. The van der Waals surface area contributed by atoms with Crippen LogP contribution in [-0.4, -0.2) is 32.3 Å². The van der Waals surface area contributed by atoms with Gasteiger partial charge in [0.2, 0.25) is 0 Å². The molecule has 0 saturated carbocycles. The number of ether oxygens (including phenoxy) is 1. The number of guanidine groups is 1. The summed E-state index contributed by atoms with van der Waals surface area (Å²) in [6.07, 6.45) is 3.66. The van der Waals surface area contributed by atoms with Gasteiger partial charge in [-0.3, -0.25) is 0 Å². The zero-order valence-electron chi connectivity index (χ0n) is 14.8. The van der Waals surface area contributed by atoms with E-state index in [1.54, 1.807) is 6.26 Å². The van der Waals surface area contributed by atoms with E-state index in [0.29, 0.717) is 12.5 Å². The Balaban J connectivity index is 1.54. The lowest BCUT2D eigenvalue weighted by atomic mass is 10.1. The molecule has 1 aliphatic rings. The zero-order valence-corrected chi connectivity index (χ0v) is 14.8. The maximum atomic E-state index is 5.45. The van der Waals surface area contributed by atoms with Crippen LogP contribution < -0.4 is 10.6 Å². The highest BCUT2D eigenvalue weighted by Crippen LogP contribution is 2.10. The largest absolute Gasteiger partial charge is 0.469 e. The summed E-state index contributed by atoms with van der Waals surface area (Å²) in [5.41, 5.74) is 2.48. The summed E-state index contributed by atoms with van der Waals surface area (Å²) in [6.45, 7) is 6.15. The quantitative estimate of drug-likeness (QED) is 0.600. The average Bonchev–Trinajstić information content (AvgIpc) is 3.30. The van der Waals surface area contributed by atoms with Crippen molar-refractivity contribution in [2.45, 2.75) is 26.3 Å². The topological polar surface area (TPSA) is 58.8 Å². The Morgan fingerprint density at radius 3 is 2.96 bits per heavy atom. The molecule has 1 fully saturated rings. The fourth-order valence-corrected chi connectivity index (χ4v) is 2.90. The van der Waals surface area contributed by atoms with Gasteiger partial charge in [0.15, 0.2) is 5.96 Å². The summed E-state index contributed by atoms with van der Waals surface area (Å²) >= 11 is 0. The first-order chi connectivity index (χ1) is 12.3. The summed E-state index contributed by atoms with van der Waals surface area (Å²) in [5.74, 6) is 2.39. The lowest BCUT2D eigenvalue weighted by molar-refractivity contribution is 0.186. The maximum absolute atomic E-state index is 5.45. The van der Waals surface area contributed by atoms with Gasteiger partial charge >= 0.3 is 0 Å². The molecule has 2 heterocycles. The molecule has 2 N–H and O–H groups in total. The second-order valence-corrected chi connectivity index (χ2v) is 6.52. The van der Waals surface area contributed by atoms with E-state index in [4.69, 9.17) is 14.1 Å². The van der Waals surface area contributed by atoms with Crippen molar-refractivity contribution < 1.29 is 9.15 Å². The number of rotatable bonds is 7. The molecule has 0 bridgehead atoms. The summed E-state index contributed by atoms with van der Waals surface area (Å²) in [4.78, 5) is 4.74. The van der Waals surface area contributed by atoms with Crippen molar-refractivity contribution in [1.29, 1.82) is 0 Å². The summed E-state index contributed by atoms with van der Waals surface area (Å²) in [7, 11) is 0. The lowest BCUT2D eigenvalue weighted by Gasteiger charge is -2.15. The molecule has 25 heavy (non-hydrogen) atoms. The molecule has 2 aromatic rings. The first-order valence-electron chi connectivity index (χ1n) is 8.97. The molecule has 1 unspecified atom stereocenters. The van der Waals surface area contributed by atoms with E-state index in [1.807, 2.05) is 12.1 Å². The van der Waals surface area contributed by atoms with E-state index in [-0.39, 0.29) is 0 Å². The van der Waals surface area contributed by atoms with E-state index in [0.717, 1.165) is 50.9 Å². The van der Waals surface area contributed by atoms with Gasteiger partial charge < -0.3 is 19.8 Å². The minimum Gasteiger partial charge on any atom is -0.469 e. The van der Waals surface area contributed by atoms with Crippen LogP contribution in [0.4, 0.5) is 0 Å². The van der Waals surface area contributed by atoms with Crippen LogP contribution in [0.1, 0.15) is 23.3 Å². The number of aryl methyl sites for hydroxylation is 1. The highest BCUT2D eigenvalue weighted by atomic mass is 16.5. The molecule has 0 spiro atoms. The van der Waals surface area contributed by atoms with Gasteiger partial charge in [-0.1, -0.05) is 29.8 Å². The summed E-state index contributed by atoms with van der Waals surface area (Å²) in [5, 5.41) is 6.86. The van der Waals surface area contributed by atoms with E-state index in [9.17, 15) is 0 Å². The van der Waals surface area contributed by atoms with Gasteiger partial charge in [0.1, 0.15) is 5.76 Å². The molecule has 1 aromatic heterocycles. The number of hydrogen-bond donors (Lipinski definition) is 2. The second-order valence-electron chi connectivity index (χ2n) is 6.52. The minimum atomic E-state index is 0.566. The SMILES string of the molecule is Cc1cccc(CN=C(NCCc2ccco2)NCC2CCOC2)c1. The van der Waals surface area contributed by atoms with E-state index in [1.165, 1.54) is 11.1 Å². The summed E-state index contributed by atoms with van der Waals surface area (Å²) < 4.78 is 10.8. The number of furan rings is 1. The van der Waals surface area contributed by atoms with Crippen molar-refractivity contribution in [2.75, 3.05) is 26.3 Å². The molecule has 0 radical (unpaired) electrons. The fourth-order valence-electron chi connectivity index (χ4n) is 2.90. The Morgan fingerprint density at radius 2 is 2.20 bits per heavy atom. The molecular formula is C20H27N3O2. The van der Waals surface area contributed by atoms with Crippen molar-refractivity contribution in [3.05, 3.63) is 59.5 Å². The molecule has 1 atom stereocenters. The Bertz CT molecular complexity index is 661. The zero-order chi connectivity index (χ0) is 17.3. The van der Waals surface area contributed by atoms with Crippen LogP contribution in [0.3, 0.4) is 0 Å². The van der Waals surface area contributed by atoms with Gasteiger partial charge in [-0.05, 0) is 31.0 Å². The van der Waals surface area contributed by atoms with Gasteiger partial charge in [-0.15, -0.1) is 0 Å². The Kier molecular flexibility index (Phi) is 6.51. The minimum absolute atomic E-state index is 0.566. The number of hydrogen-bond acceptors (Lipinski definition) is 3. The van der Waals surface area contributed by atoms with Crippen molar-refractivity contribution in [3.63, 3.8) is 0 Å². The van der Waals surface area contributed by atoms with E-state index >= 15 is 0 Å². The molecule has 5 nitrogen and oxygen atoms in total. The van der Waals surface area contributed by atoms with Crippen LogP contribution in [0.15, 0.2) is 52.1 Å². The number of aliphatic imine (C=N–C) groups is 1. The molecule has 5 heteroatoms. The number of nitrogens with one attached hydrogen (secondary N) is 2. The first-order valence-corrected chi connectivity index (χ1v) is 8.97. The van der Waals surface area contributed by atoms with Gasteiger partial charge in [0, 0.05) is 32.0 Å². The van der Waals surface area contributed by atoms with Gasteiger partial charge in [-0.25, -0.2) is 4.99 Å². The van der Waals surface area contributed by atoms with Gasteiger partial charge in [-0.2, -0.15) is 0 Å². The van der Waals surface area contributed by atoms with Crippen molar-refractivity contribution in [3.8, 4) is 0 Å². The first kappa shape index (κ1) is 17.5. The van der Waals surface area contributed by atoms with Crippen LogP contribution >= 0.6 is 0 Å². The second kappa shape index (κ2) is 9.28.